The average molecular weight is 1040 g/mol. The highest BCUT2D eigenvalue weighted by molar-refractivity contribution is 7.81. The molecule has 0 radical (unpaired) electrons. The maximum Gasteiger partial charge on any atom is 0.420 e. The number of hydrogen-bond donors (Lipinski definition) is 2. The number of likely N-dealkylation sites (tertiary alicyclic amines) is 1. The van der Waals surface area contributed by atoms with Crippen molar-refractivity contribution in [3.05, 3.63) is 88.2 Å². The highest BCUT2D eigenvalue weighted by Crippen LogP contribution is 2.42. The zero-order valence-electron chi connectivity index (χ0n) is 40.8. The summed E-state index contributed by atoms with van der Waals surface area (Å²) in [6, 6.07) is 10.3. The molecule has 2 unspecified atom stereocenters. The van der Waals surface area contributed by atoms with Gasteiger partial charge in [-0.05, 0) is 100 Å². The minimum Gasteiger partial charge on any atom is -0.476 e. The molecule has 15 nitrogen and oxygen atoms in total. The maximum atomic E-state index is 15.3. The molecule has 72 heavy (non-hydrogen) atoms. The largest absolute Gasteiger partial charge is 0.476 e. The molecule has 2 atom stereocenters. The summed E-state index contributed by atoms with van der Waals surface area (Å²) in [6.45, 7) is 11.9. The summed E-state index contributed by atoms with van der Waals surface area (Å²) >= 11 is 6.99. The van der Waals surface area contributed by atoms with Gasteiger partial charge in [-0.3, -0.25) is 24.1 Å². The normalized spacial score (nSPS) is 16.2. The zero-order valence-corrected chi connectivity index (χ0v) is 42.4. The summed E-state index contributed by atoms with van der Waals surface area (Å²) in [5.74, 6) is -5.00. The topological polar surface area (TPSA) is 179 Å². The van der Waals surface area contributed by atoms with Crippen LogP contribution in [0.5, 0.6) is 5.88 Å². The number of amides is 4. The van der Waals surface area contributed by atoms with Crippen molar-refractivity contribution in [1.29, 1.82) is 5.26 Å². The predicted molar refractivity (Wildman–Crippen MR) is 263 cm³/mol. The summed E-state index contributed by atoms with van der Waals surface area (Å²) in [4.78, 5) is 66.5. The minimum atomic E-state index is -5.24. The van der Waals surface area contributed by atoms with Gasteiger partial charge in [0.1, 0.15) is 29.8 Å². The number of rotatable bonds is 21. The summed E-state index contributed by atoms with van der Waals surface area (Å²) in [5, 5.41) is 14.5. The zero-order chi connectivity index (χ0) is 52.5. The van der Waals surface area contributed by atoms with E-state index in [0.717, 1.165) is 44.8 Å². The lowest BCUT2D eigenvalue weighted by atomic mass is 9.85. The molecule has 386 valence electrons. The monoisotopic (exact) mass is 1040 g/mol. The Hall–Kier alpha value is -6.15. The number of nitriles is 1. The lowest BCUT2D eigenvalue weighted by Gasteiger charge is -2.35. The number of pyridine rings is 1. The number of hydrogen-bond acceptors (Lipinski definition) is 12. The van der Waals surface area contributed by atoms with Crippen LogP contribution in [0.2, 0.25) is 0 Å². The molecule has 4 heterocycles. The summed E-state index contributed by atoms with van der Waals surface area (Å²) < 4.78 is 88.5. The number of thiocarbonyl (C=S) groups is 1. The van der Waals surface area contributed by atoms with Crippen LogP contribution in [0.25, 0.3) is 10.4 Å². The summed E-state index contributed by atoms with van der Waals surface area (Å²) in [7, 11) is 0. The third kappa shape index (κ3) is 12.9. The van der Waals surface area contributed by atoms with Gasteiger partial charge >= 0.3 is 6.18 Å². The maximum absolute atomic E-state index is 15.3. The molecule has 0 saturated carbocycles. The Balaban J connectivity index is 0.861. The fourth-order valence-electron chi connectivity index (χ4n) is 8.35. The number of nitrogens with zero attached hydrogens (tertiary/aromatic N) is 6. The first-order valence-electron chi connectivity index (χ1n) is 23.4. The molecule has 2 aromatic heterocycles. The van der Waals surface area contributed by atoms with Crippen molar-refractivity contribution in [2.75, 3.05) is 49.4 Å². The van der Waals surface area contributed by atoms with Crippen LogP contribution in [0.15, 0.2) is 54.2 Å². The van der Waals surface area contributed by atoms with E-state index in [1.807, 2.05) is 57.5 Å². The third-order valence-electron chi connectivity index (χ3n) is 12.2. The molecule has 4 amide bonds. The van der Waals surface area contributed by atoms with Crippen LogP contribution < -0.4 is 25.2 Å². The second-order valence-electron chi connectivity index (χ2n) is 18.9. The van der Waals surface area contributed by atoms with Crippen LogP contribution in [-0.2, 0) is 41.4 Å². The van der Waals surface area contributed by atoms with Gasteiger partial charge in [0.25, 0.3) is 11.8 Å². The molecule has 2 N–H and O–H groups in total. The number of alkyl halides is 3. The SMILES string of the molecule is Cc1ncsc1-c1ccc(CNC(=O)C2CCCN2C(=O)C(NC(=O)COCCCOCCCCCOc2ncc(N3C(=S)N(c4ccc(C#N)c(C(F)(F)F)c4F)C(=O)C3(C)C)cc2F)C(C)(C)C)cc1. The molecule has 2 aliphatic heterocycles. The Morgan fingerprint density at radius 1 is 0.986 bits per heavy atom. The number of aryl methyl sites for hydroxylation is 1. The number of unbranched alkanes of at least 4 members (excludes halogenated alkanes) is 2. The Morgan fingerprint density at radius 3 is 2.33 bits per heavy atom. The highest BCUT2D eigenvalue weighted by atomic mass is 32.1. The van der Waals surface area contributed by atoms with Crippen LogP contribution >= 0.6 is 23.6 Å². The van der Waals surface area contributed by atoms with Gasteiger partial charge in [0.15, 0.2) is 16.7 Å². The average Bonchev–Trinajstić information content (AvgIpc) is 4.03. The van der Waals surface area contributed by atoms with Gasteiger partial charge in [0.05, 0.1) is 51.9 Å². The quantitative estimate of drug-likeness (QED) is 0.0463. The van der Waals surface area contributed by atoms with Crippen LogP contribution in [0.1, 0.15) is 95.5 Å². The molecule has 0 spiro atoms. The van der Waals surface area contributed by atoms with E-state index in [4.69, 9.17) is 31.7 Å². The first-order valence-corrected chi connectivity index (χ1v) is 24.6. The molecule has 2 saturated heterocycles. The molecule has 2 fully saturated rings. The van der Waals surface area contributed by atoms with Crippen LogP contribution in [-0.4, -0.2) is 101 Å². The predicted octanol–water partition coefficient (Wildman–Crippen LogP) is 8.41. The molecule has 0 bridgehead atoms. The third-order valence-corrected chi connectivity index (χ3v) is 13.5. The number of benzene rings is 2. The van der Waals surface area contributed by atoms with E-state index >= 15 is 8.78 Å². The number of thiazole rings is 1. The molecule has 2 aliphatic rings. The van der Waals surface area contributed by atoms with E-state index in [-0.39, 0.29) is 43.2 Å². The van der Waals surface area contributed by atoms with Crippen molar-refractivity contribution in [2.45, 2.75) is 110 Å². The smallest absolute Gasteiger partial charge is 0.420 e. The van der Waals surface area contributed by atoms with E-state index in [0.29, 0.717) is 69.7 Å². The van der Waals surface area contributed by atoms with Gasteiger partial charge in [-0.1, -0.05) is 45.0 Å². The van der Waals surface area contributed by atoms with E-state index in [1.165, 1.54) is 26.1 Å². The van der Waals surface area contributed by atoms with Gasteiger partial charge in [-0.25, -0.2) is 18.7 Å². The first kappa shape index (κ1) is 55.2. The Morgan fingerprint density at radius 2 is 1.68 bits per heavy atom. The van der Waals surface area contributed by atoms with Crippen LogP contribution in [0, 0.1) is 35.3 Å². The van der Waals surface area contributed by atoms with Gasteiger partial charge in [0.2, 0.25) is 17.7 Å². The van der Waals surface area contributed by atoms with Gasteiger partial charge in [-0.15, -0.1) is 11.3 Å². The molecule has 6 rings (SSSR count). The van der Waals surface area contributed by atoms with Crippen molar-refractivity contribution in [3.8, 4) is 22.4 Å². The Kier molecular flexibility index (Phi) is 18.1. The lowest BCUT2D eigenvalue weighted by molar-refractivity contribution is -0.144. The van der Waals surface area contributed by atoms with Crippen LogP contribution in [0.4, 0.5) is 33.3 Å². The van der Waals surface area contributed by atoms with Gasteiger partial charge in [-0.2, -0.15) is 18.4 Å². The number of nitrogens with one attached hydrogen (secondary N) is 2. The highest BCUT2D eigenvalue weighted by Gasteiger charge is 2.52. The molecule has 0 aliphatic carbocycles. The number of halogens is 5. The van der Waals surface area contributed by atoms with Crippen molar-refractivity contribution in [2.24, 2.45) is 5.41 Å². The molecule has 4 aromatic rings. The number of ether oxygens (including phenoxy) is 3. The first-order chi connectivity index (χ1) is 34.1. The Bertz CT molecular complexity index is 2670. The van der Waals surface area contributed by atoms with E-state index in [2.05, 4.69) is 20.6 Å². The second-order valence-corrected chi connectivity index (χ2v) is 20.1. The number of anilines is 2. The fourth-order valence-corrected chi connectivity index (χ4v) is 9.68. The van der Waals surface area contributed by atoms with Crippen LogP contribution in [0.3, 0.4) is 0 Å². The van der Waals surface area contributed by atoms with Crippen molar-refractivity contribution >= 4 is 63.7 Å². The summed E-state index contributed by atoms with van der Waals surface area (Å²) in [6.07, 6.45) is -0.502. The van der Waals surface area contributed by atoms with Crippen molar-refractivity contribution in [1.82, 2.24) is 25.5 Å². The van der Waals surface area contributed by atoms with E-state index < -0.39 is 74.6 Å². The fraction of sp³-hybridized carbons (Fsp3) is 0.480. The van der Waals surface area contributed by atoms with Crippen molar-refractivity contribution < 1.29 is 55.3 Å². The molecule has 22 heteroatoms. The van der Waals surface area contributed by atoms with Gasteiger partial charge < -0.3 is 34.6 Å². The second kappa shape index (κ2) is 23.6. The van der Waals surface area contributed by atoms with E-state index in [1.54, 1.807) is 16.2 Å². The molecule has 2 aromatic carbocycles. The summed E-state index contributed by atoms with van der Waals surface area (Å²) in [5.41, 5.74) is -1.14. The van der Waals surface area contributed by atoms with Gasteiger partial charge in [0, 0.05) is 39.0 Å². The number of aromatic nitrogens is 2. The molecular weight excluding hydrogens is 984 g/mol. The standard InChI is InChI=1S/C50H57F5N8O7S2/c1-30-41(72-29-59-30)32-15-13-31(14-16-32)26-57-43(65)37-12-10-19-61(37)45(66)42(48(2,3)4)60-38(64)28-69-22-11-21-68-20-8-7-9-23-70-44-35(51)24-34(27-58-44)63-47(71)62(46(67)49(63,5)6)36-18-17-33(25-56)39(40(36)52)50(53,54)55/h13-18,24,27,29,37,42H,7-12,19-23,26,28H2,1-6H3,(H,57,65)(H,60,64). The molecular formula is C50H57F5N8O7S2. The van der Waals surface area contributed by atoms with E-state index in [9.17, 15) is 32.3 Å². The number of carbonyl (C=O) groups is 4. The Labute approximate surface area is 424 Å². The minimum absolute atomic E-state index is 0.0323. The van der Waals surface area contributed by atoms with Crippen molar-refractivity contribution in [3.63, 3.8) is 0 Å². The number of carbonyl (C=O) groups excluding carboxylic acids is 4. The lowest BCUT2D eigenvalue weighted by Crippen LogP contribution is -2.58.